The number of rotatable bonds is 36. The molecule has 1 unspecified atom stereocenters. The predicted molar refractivity (Wildman–Crippen MR) is 208 cm³/mol. The molecule has 0 bridgehead atoms. The van der Waals surface area contributed by atoms with E-state index in [1.807, 2.05) is 0 Å². The van der Waals surface area contributed by atoms with Gasteiger partial charge in [-0.3, -0.25) is 9.59 Å². The first-order chi connectivity index (χ1) is 22.2. The molecule has 0 saturated heterocycles. The Labute approximate surface area is 293 Å². The van der Waals surface area contributed by atoms with E-state index in [0.717, 1.165) is 31.4 Å². The molecule has 1 atom stereocenters. The van der Waals surface area contributed by atoms with Crippen LogP contribution in [-0.2, 0) is 9.59 Å². The summed E-state index contributed by atoms with van der Waals surface area (Å²) in [6, 6.07) is -0.444. The molecule has 2 N–H and O–H groups in total. The average molecular weight is 687 g/mol. The van der Waals surface area contributed by atoms with E-state index in [2.05, 4.69) is 48.3 Å². The minimum Gasteiger partial charge on any atom is -0.354 e. The Morgan fingerprint density at radius 1 is 0.600 bits per heavy atom. The number of nitrogens with one attached hydrogen (secondary N) is 2. The van der Waals surface area contributed by atoms with Crippen LogP contribution in [0.2, 0.25) is 0 Å². The van der Waals surface area contributed by atoms with Gasteiger partial charge in [-0.1, -0.05) is 183 Å². The van der Waals surface area contributed by atoms with Crippen LogP contribution in [0.25, 0.3) is 0 Å². The second-order valence-corrected chi connectivity index (χ2v) is 16.3. The van der Waals surface area contributed by atoms with Crippen LogP contribution in [0.1, 0.15) is 200 Å². The summed E-state index contributed by atoms with van der Waals surface area (Å²) in [5.74, 6) is 0.763. The molecule has 0 aliphatic heterocycles. The fraction of sp³-hybridized carbons (Fsp3) is 0.895. The second kappa shape index (κ2) is 38.2. The molecule has 0 saturated carbocycles. The number of carbonyl (C=O) groups excluding carboxylic acids is 2. The Kier molecular flexibility index (Phi) is 38.0. The normalized spacial score (nSPS) is 12.2. The molecule has 0 aliphatic carbocycles. The quantitative estimate of drug-likeness (QED) is 0.0266. The van der Waals surface area contributed by atoms with Crippen molar-refractivity contribution in [2.45, 2.75) is 206 Å². The van der Waals surface area contributed by atoms with Crippen molar-refractivity contribution in [2.24, 2.45) is 0 Å². The van der Waals surface area contributed by atoms with Gasteiger partial charge in [0.15, 0.2) is 0 Å². The third kappa shape index (κ3) is 34.9. The van der Waals surface area contributed by atoms with Crippen molar-refractivity contribution in [3.05, 3.63) is 12.2 Å². The van der Waals surface area contributed by atoms with Crippen molar-refractivity contribution >= 4 is 44.1 Å². The predicted octanol–water partition coefficient (Wildman–Crippen LogP) is 12.7. The molecule has 0 aromatic heterocycles. The van der Waals surface area contributed by atoms with Crippen molar-refractivity contribution in [2.75, 3.05) is 12.3 Å². The van der Waals surface area contributed by atoms with E-state index >= 15 is 0 Å². The average Bonchev–Trinajstić information content (AvgIpc) is 3.04. The zero-order chi connectivity index (χ0) is 32.9. The van der Waals surface area contributed by atoms with Crippen molar-refractivity contribution in [3.63, 3.8) is 0 Å². The van der Waals surface area contributed by atoms with E-state index in [-0.39, 0.29) is 11.8 Å². The maximum absolute atomic E-state index is 12.9. The summed E-state index contributed by atoms with van der Waals surface area (Å²) < 4.78 is 0. The lowest BCUT2D eigenvalue weighted by atomic mass is 10.0. The topological polar surface area (TPSA) is 58.2 Å². The molecule has 0 rings (SSSR count). The van der Waals surface area contributed by atoms with Crippen LogP contribution in [0.4, 0.5) is 0 Å². The van der Waals surface area contributed by atoms with E-state index in [1.54, 1.807) is 10.8 Å². The molecular weight excluding hydrogens is 613 g/mol. The monoisotopic (exact) mass is 686 g/mol. The Hall–Kier alpha value is -0.270. The van der Waals surface area contributed by atoms with Crippen molar-refractivity contribution in [3.8, 4) is 0 Å². The highest BCUT2D eigenvalue weighted by Gasteiger charge is 2.20. The molecule has 0 fully saturated rings. The minimum atomic E-state index is -0.444. The molecule has 0 aromatic carbocycles. The van der Waals surface area contributed by atoms with Gasteiger partial charge in [0.1, 0.15) is 6.04 Å². The minimum absolute atomic E-state index is 0.00722. The van der Waals surface area contributed by atoms with E-state index in [4.69, 9.17) is 0 Å². The van der Waals surface area contributed by atoms with Crippen LogP contribution in [0.15, 0.2) is 12.2 Å². The van der Waals surface area contributed by atoms with Gasteiger partial charge >= 0.3 is 0 Å². The number of hydrogen-bond acceptors (Lipinski definition) is 5. The van der Waals surface area contributed by atoms with E-state index in [9.17, 15) is 9.59 Å². The van der Waals surface area contributed by atoms with Crippen molar-refractivity contribution in [1.82, 2.24) is 10.6 Å². The zero-order valence-electron chi connectivity index (χ0n) is 29.7. The number of carbonyl (C=O) groups is 2. The molecule has 45 heavy (non-hydrogen) atoms. The molecule has 2 amide bonds. The van der Waals surface area contributed by atoms with Crippen molar-refractivity contribution < 1.29 is 9.59 Å². The molecule has 266 valence electrons. The van der Waals surface area contributed by atoms with Crippen LogP contribution >= 0.6 is 32.3 Å². The van der Waals surface area contributed by atoms with Gasteiger partial charge in [0.25, 0.3) is 0 Å². The van der Waals surface area contributed by atoms with E-state index in [0.29, 0.717) is 19.4 Å². The lowest BCUT2D eigenvalue weighted by molar-refractivity contribution is -0.129. The highest BCUT2D eigenvalue weighted by atomic mass is 33.5. The van der Waals surface area contributed by atoms with Gasteiger partial charge < -0.3 is 10.6 Å². The molecule has 7 heteroatoms. The molecule has 0 radical (unpaired) electrons. The van der Waals surface area contributed by atoms with Crippen LogP contribution in [0.5, 0.6) is 0 Å². The number of unbranched alkanes of at least 4 members (excludes halogenated alkanes) is 24. The van der Waals surface area contributed by atoms with Gasteiger partial charge in [-0.2, -0.15) is 0 Å². The number of thiol groups is 1. The lowest BCUT2D eigenvalue weighted by Gasteiger charge is -2.18. The summed E-state index contributed by atoms with van der Waals surface area (Å²) >= 11 is 4.19. The first kappa shape index (κ1) is 44.7. The molecule has 0 aromatic rings. The summed E-state index contributed by atoms with van der Waals surface area (Å²) in [6.45, 7) is 5.25. The SMILES string of the molecule is CCCCCCCC/C=C/CCCCCCCC(=O)NC(CCSSS)C(=O)NCCCCCCCCCCCCCCCC. The largest absolute Gasteiger partial charge is 0.354 e. The molecular formula is C38H74N2O2S3. The Morgan fingerprint density at radius 2 is 1.02 bits per heavy atom. The fourth-order valence-electron chi connectivity index (χ4n) is 5.75. The Bertz CT molecular complexity index is 663. The van der Waals surface area contributed by atoms with Crippen molar-refractivity contribution in [1.29, 1.82) is 0 Å². The zero-order valence-corrected chi connectivity index (χ0v) is 32.3. The van der Waals surface area contributed by atoms with E-state index in [1.165, 1.54) is 158 Å². The van der Waals surface area contributed by atoms with Gasteiger partial charge in [0.2, 0.25) is 11.8 Å². The molecule has 0 heterocycles. The van der Waals surface area contributed by atoms with Gasteiger partial charge in [0.05, 0.1) is 0 Å². The first-order valence-electron chi connectivity index (χ1n) is 19.3. The van der Waals surface area contributed by atoms with Crippen LogP contribution in [0.3, 0.4) is 0 Å². The summed E-state index contributed by atoms with van der Waals surface area (Å²) in [7, 11) is 3.02. The molecule has 0 spiro atoms. The summed E-state index contributed by atoms with van der Waals surface area (Å²) in [5.41, 5.74) is 0. The van der Waals surface area contributed by atoms with Gasteiger partial charge in [0, 0.05) is 18.7 Å². The van der Waals surface area contributed by atoms with Gasteiger partial charge in [-0.05, 0) is 54.8 Å². The van der Waals surface area contributed by atoms with Gasteiger partial charge in [-0.15, -0.1) is 0 Å². The Balaban J connectivity index is 3.85. The molecule has 0 aliphatic rings. The first-order valence-corrected chi connectivity index (χ1v) is 22.7. The second-order valence-electron chi connectivity index (χ2n) is 13.0. The smallest absolute Gasteiger partial charge is 0.242 e. The van der Waals surface area contributed by atoms with E-state index < -0.39 is 6.04 Å². The van der Waals surface area contributed by atoms with Gasteiger partial charge in [-0.25, -0.2) is 0 Å². The maximum atomic E-state index is 12.9. The van der Waals surface area contributed by atoms with Crippen LogP contribution in [-0.4, -0.2) is 30.2 Å². The lowest BCUT2D eigenvalue weighted by Crippen LogP contribution is -2.47. The molecule has 4 nitrogen and oxygen atoms in total. The third-order valence-electron chi connectivity index (χ3n) is 8.69. The maximum Gasteiger partial charge on any atom is 0.242 e. The summed E-state index contributed by atoms with van der Waals surface area (Å²) in [4.78, 5) is 25.5. The number of hydrogen-bond donors (Lipinski definition) is 3. The Morgan fingerprint density at radius 3 is 1.49 bits per heavy atom. The highest BCUT2D eigenvalue weighted by Crippen LogP contribution is 2.25. The number of amides is 2. The standard InChI is InChI=1S/C38H74N2O2S3/c1-3-5-7-9-11-13-15-17-19-20-22-24-26-28-30-32-37(41)40-36(33-35-44-45-43)38(42)39-34-31-29-27-25-23-21-18-16-14-12-10-8-6-4-2/h17,19,36,43H,3-16,18,20-35H2,1-2H3,(H,39,42)(H,40,41)/b19-17+. The summed E-state index contributed by atoms with van der Waals surface area (Å²) in [5, 5.41) is 6.11. The summed E-state index contributed by atoms with van der Waals surface area (Å²) in [6.07, 6.45) is 40.7. The fourth-order valence-corrected chi connectivity index (χ4v) is 7.34. The van der Waals surface area contributed by atoms with Crippen LogP contribution < -0.4 is 10.6 Å². The third-order valence-corrected chi connectivity index (χ3v) is 11.0. The highest BCUT2D eigenvalue weighted by molar-refractivity contribution is 9.05. The number of allylic oxidation sites excluding steroid dienone is 2. The van der Waals surface area contributed by atoms with Crippen LogP contribution in [0, 0.1) is 0 Å².